The van der Waals surface area contributed by atoms with Gasteiger partial charge >= 0.3 is 10.1 Å². The Hall–Kier alpha value is -3.24. The average Bonchev–Trinajstić information content (AvgIpc) is 3.16. The van der Waals surface area contributed by atoms with Crippen molar-refractivity contribution in [2.24, 2.45) is 16.0 Å². The molecule has 2 aromatic rings. The first-order valence-electron chi connectivity index (χ1n) is 9.75. The van der Waals surface area contributed by atoms with E-state index in [2.05, 4.69) is 10.1 Å². The smallest absolute Gasteiger partial charge is 0.339 e. The summed E-state index contributed by atoms with van der Waals surface area (Å²) in [5.41, 5.74) is 1.49. The second-order valence-corrected chi connectivity index (χ2v) is 10.1. The van der Waals surface area contributed by atoms with Crippen LogP contribution in [-0.4, -0.2) is 35.4 Å². The van der Waals surface area contributed by atoms with Crippen molar-refractivity contribution in [3.05, 3.63) is 65.2 Å². The molecule has 0 saturated heterocycles. The van der Waals surface area contributed by atoms with Gasteiger partial charge in [0.15, 0.2) is 5.84 Å². The molecule has 0 aromatic heterocycles. The third-order valence-corrected chi connectivity index (χ3v) is 7.12. The zero-order valence-electron chi connectivity index (χ0n) is 17.6. The first-order valence-corrected chi connectivity index (χ1v) is 12.0. The van der Waals surface area contributed by atoms with E-state index in [1.54, 1.807) is 24.3 Å². The predicted molar refractivity (Wildman–Crippen MR) is 125 cm³/mol. The van der Waals surface area contributed by atoms with Crippen LogP contribution < -0.4 is 4.18 Å². The van der Waals surface area contributed by atoms with E-state index in [9.17, 15) is 13.2 Å². The summed E-state index contributed by atoms with van der Waals surface area (Å²) in [4.78, 5) is 16.6. The topological polar surface area (TPSA) is 112 Å². The summed E-state index contributed by atoms with van der Waals surface area (Å²) in [6, 6.07) is 12.6. The lowest BCUT2D eigenvalue weighted by atomic mass is 10.1. The van der Waals surface area contributed by atoms with Crippen LogP contribution in [0.2, 0.25) is 0 Å². The molecule has 2 aliphatic heterocycles. The fourth-order valence-corrected chi connectivity index (χ4v) is 4.76. The van der Waals surface area contributed by atoms with Crippen molar-refractivity contribution in [2.45, 2.75) is 25.7 Å². The number of hydrazone groups is 1. The molecule has 1 N–H and O–H groups in total. The number of nitrogens with one attached hydrogen (secondary N) is 1. The number of aryl methyl sites for hydroxylation is 1. The molecule has 0 fully saturated rings. The summed E-state index contributed by atoms with van der Waals surface area (Å²) < 4.78 is 30.4. The van der Waals surface area contributed by atoms with Crippen LogP contribution in [-0.2, 0) is 14.9 Å². The van der Waals surface area contributed by atoms with Gasteiger partial charge in [-0.2, -0.15) is 23.5 Å². The molecular weight excluding hydrogens is 448 g/mol. The highest BCUT2D eigenvalue weighted by atomic mass is 32.2. The molecule has 0 saturated carbocycles. The highest BCUT2D eigenvalue weighted by molar-refractivity contribution is 8.27. The molecule has 0 aliphatic carbocycles. The van der Waals surface area contributed by atoms with Gasteiger partial charge < -0.3 is 4.18 Å². The molecule has 2 heterocycles. The average molecular weight is 469 g/mol. The van der Waals surface area contributed by atoms with E-state index in [-0.39, 0.29) is 28.0 Å². The summed E-state index contributed by atoms with van der Waals surface area (Å²) in [6.07, 6.45) is 1.48. The molecular formula is C22H20N4O4S2. The van der Waals surface area contributed by atoms with Crippen molar-refractivity contribution < 1.29 is 17.4 Å². The second-order valence-electron chi connectivity index (χ2n) is 7.54. The molecule has 0 atom stereocenters. The number of thioether (sulfide) groups is 1. The largest absolute Gasteiger partial charge is 0.379 e. The maximum absolute atomic E-state index is 12.6. The Morgan fingerprint density at radius 3 is 2.56 bits per heavy atom. The molecule has 0 bridgehead atoms. The summed E-state index contributed by atoms with van der Waals surface area (Å²) >= 11 is 1.28. The van der Waals surface area contributed by atoms with Gasteiger partial charge in [-0.3, -0.25) is 10.2 Å². The number of amidine groups is 2. The minimum absolute atomic E-state index is 0.0447. The van der Waals surface area contributed by atoms with Crippen molar-refractivity contribution >= 4 is 49.9 Å². The Balaban J connectivity index is 1.61. The normalized spacial score (nSPS) is 17.5. The number of rotatable bonds is 5. The van der Waals surface area contributed by atoms with Crippen LogP contribution >= 0.6 is 11.8 Å². The van der Waals surface area contributed by atoms with Gasteiger partial charge in [0.25, 0.3) is 5.91 Å². The van der Waals surface area contributed by atoms with Gasteiger partial charge in [-0.05, 0) is 54.6 Å². The fourth-order valence-electron chi connectivity index (χ4n) is 2.94. The summed E-state index contributed by atoms with van der Waals surface area (Å²) in [5, 5.41) is 15.3. The lowest BCUT2D eigenvalue weighted by Crippen LogP contribution is -2.35. The van der Waals surface area contributed by atoms with Crippen molar-refractivity contribution in [3.63, 3.8) is 0 Å². The van der Waals surface area contributed by atoms with E-state index in [0.29, 0.717) is 10.7 Å². The van der Waals surface area contributed by atoms with Crippen LogP contribution in [0.3, 0.4) is 0 Å². The number of carbonyl (C=O) groups excluding carboxylic acids is 1. The first kappa shape index (κ1) is 22.0. The van der Waals surface area contributed by atoms with Gasteiger partial charge in [-0.1, -0.05) is 43.7 Å². The Labute approximate surface area is 190 Å². The van der Waals surface area contributed by atoms with Gasteiger partial charge in [0.1, 0.15) is 15.7 Å². The lowest BCUT2D eigenvalue weighted by Gasteiger charge is -2.20. The van der Waals surface area contributed by atoms with Crippen LogP contribution in [0.25, 0.3) is 6.08 Å². The number of fused-ring (bicyclic) bond motifs is 1. The highest BCUT2D eigenvalue weighted by Gasteiger charge is 2.36. The maximum atomic E-state index is 12.6. The third kappa shape index (κ3) is 4.37. The summed E-state index contributed by atoms with van der Waals surface area (Å²) in [7, 11) is -4.01. The Bertz CT molecular complexity index is 1310. The number of nitrogens with zero attached hydrogens (tertiary/aromatic N) is 3. The van der Waals surface area contributed by atoms with Gasteiger partial charge in [-0.25, -0.2) is 0 Å². The molecule has 2 aliphatic rings. The van der Waals surface area contributed by atoms with Crippen LogP contribution in [0.15, 0.2) is 69.1 Å². The number of benzene rings is 2. The zero-order chi connectivity index (χ0) is 23.0. The minimum Gasteiger partial charge on any atom is -0.379 e. The predicted octanol–water partition coefficient (Wildman–Crippen LogP) is 4.04. The van der Waals surface area contributed by atoms with Crippen molar-refractivity contribution in [2.75, 3.05) is 0 Å². The number of carbonyl (C=O) groups is 1. The van der Waals surface area contributed by atoms with Crippen molar-refractivity contribution in [3.8, 4) is 5.75 Å². The van der Waals surface area contributed by atoms with E-state index in [1.165, 1.54) is 47.1 Å². The van der Waals surface area contributed by atoms with Crippen molar-refractivity contribution in [1.82, 2.24) is 5.01 Å². The lowest BCUT2D eigenvalue weighted by molar-refractivity contribution is -0.114. The number of hydrogen-bond acceptors (Lipinski definition) is 7. The molecule has 4 rings (SSSR count). The molecule has 0 radical (unpaired) electrons. The number of aliphatic imine (C=N–C) groups is 1. The molecule has 1 amide bonds. The monoisotopic (exact) mass is 468 g/mol. The second kappa shape index (κ2) is 8.36. The van der Waals surface area contributed by atoms with Gasteiger partial charge in [0.05, 0.1) is 5.57 Å². The highest BCUT2D eigenvalue weighted by Crippen LogP contribution is 2.31. The van der Waals surface area contributed by atoms with Gasteiger partial charge in [-0.15, -0.1) is 0 Å². The van der Waals surface area contributed by atoms with E-state index in [1.807, 2.05) is 20.8 Å². The van der Waals surface area contributed by atoms with E-state index in [4.69, 9.17) is 9.59 Å². The summed E-state index contributed by atoms with van der Waals surface area (Å²) in [5.74, 6) is -0.391. The van der Waals surface area contributed by atoms with Crippen LogP contribution in [0.4, 0.5) is 0 Å². The molecule has 10 heteroatoms. The van der Waals surface area contributed by atoms with Crippen LogP contribution in [0, 0.1) is 18.3 Å². The molecule has 32 heavy (non-hydrogen) atoms. The van der Waals surface area contributed by atoms with E-state index in [0.717, 1.165) is 10.6 Å². The van der Waals surface area contributed by atoms with Crippen LogP contribution in [0.1, 0.15) is 25.0 Å². The Kier molecular flexibility index (Phi) is 5.74. The summed E-state index contributed by atoms with van der Waals surface area (Å²) in [6.45, 7) is 5.81. The number of hydrogen-bond donors (Lipinski definition) is 1. The Morgan fingerprint density at radius 1 is 1.16 bits per heavy atom. The molecule has 164 valence electrons. The fraction of sp³-hybridized carbons (Fsp3) is 0.182. The molecule has 8 nitrogen and oxygen atoms in total. The quantitative estimate of drug-likeness (QED) is 0.524. The third-order valence-electron chi connectivity index (χ3n) is 4.65. The SMILES string of the molecule is Cc1ccc(S(=O)(=O)Oc2cccc(/C=C3/C(=N)N4N=C(C(C)C)SC4=NC3=O)c2)cc1. The molecule has 2 aromatic carbocycles. The van der Waals surface area contributed by atoms with Gasteiger partial charge in [0, 0.05) is 5.92 Å². The first-order chi connectivity index (χ1) is 15.1. The van der Waals surface area contributed by atoms with E-state index < -0.39 is 16.0 Å². The zero-order valence-corrected chi connectivity index (χ0v) is 19.2. The van der Waals surface area contributed by atoms with Gasteiger partial charge in [0.2, 0.25) is 5.17 Å². The standard InChI is InChI=1S/C22H20N4O4S2/c1-13(2)21-25-26-19(23)18(20(27)24-22(26)31-21)12-15-5-4-6-16(11-15)30-32(28,29)17-9-7-14(3)8-10-17/h4-13,23H,1-3H3/b18-12-,23-19?. The molecule has 0 unspecified atom stereocenters. The minimum atomic E-state index is -4.01. The molecule has 0 spiro atoms. The van der Waals surface area contributed by atoms with Crippen molar-refractivity contribution in [1.29, 1.82) is 5.41 Å². The van der Waals surface area contributed by atoms with Crippen LogP contribution in [0.5, 0.6) is 5.75 Å². The van der Waals surface area contributed by atoms with E-state index >= 15 is 0 Å². The maximum Gasteiger partial charge on any atom is 0.339 e. The Morgan fingerprint density at radius 2 is 1.88 bits per heavy atom. The number of amides is 1.